The SMILES string of the molecule is CC(C)(C)P(=S)(C1C=CC=C1)N(C1C=CC=C1)[Si](C)(C)C. The van der Waals surface area contributed by atoms with E-state index < -0.39 is 14.4 Å². The van der Waals surface area contributed by atoms with Gasteiger partial charge in [-0.1, -0.05) is 101 Å². The van der Waals surface area contributed by atoms with Crippen molar-refractivity contribution in [1.82, 2.24) is 4.34 Å². The van der Waals surface area contributed by atoms with Gasteiger partial charge in [-0.05, 0) is 0 Å². The number of allylic oxidation sites excluding steroid dienone is 6. The van der Waals surface area contributed by atoms with Crippen LogP contribution < -0.4 is 0 Å². The van der Waals surface area contributed by atoms with Gasteiger partial charge in [0, 0.05) is 23.0 Å². The van der Waals surface area contributed by atoms with Crippen molar-refractivity contribution < 1.29 is 0 Å². The van der Waals surface area contributed by atoms with Crippen LogP contribution in [-0.2, 0) is 11.8 Å². The molecule has 21 heavy (non-hydrogen) atoms. The molecule has 0 heterocycles. The summed E-state index contributed by atoms with van der Waals surface area (Å²) < 4.78 is 2.76. The first-order chi connectivity index (χ1) is 9.58. The molecular formula is C17H28NPSSi. The fourth-order valence-electron chi connectivity index (χ4n) is 3.24. The minimum atomic E-state index is -1.78. The Balaban J connectivity index is 2.58. The Kier molecular flexibility index (Phi) is 4.71. The molecule has 1 atom stereocenters. The van der Waals surface area contributed by atoms with E-state index in [4.69, 9.17) is 11.8 Å². The van der Waals surface area contributed by atoms with Crippen LogP contribution in [0.2, 0.25) is 19.6 Å². The van der Waals surface area contributed by atoms with Crippen LogP contribution in [0.4, 0.5) is 0 Å². The zero-order valence-electron chi connectivity index (χ0n) is 14.1. The van der Waals surface area contributed by atoms with Crippen molar-refractivity contribution in [3.8, 4) is 0 Å². The molecular weight excluding hydrogens is 309 g/mol. The minimum Gasteiger partial charge on any atom is -0.285 e. The molecule has 0 bridgehead atoms. The molecule has 0 aromatic heterocycles. The van der Waals surface area contributed by atoms with Gasteiger partial charge in [0.25, 0.3) is 0 Å². The highest BCUT2D eigenvalue weighted by Crippen LogP contribution is 2.68. The van der Waals surface area contributed by atoms with Crippen LogP contribution >= 0.6 is 6.19 Å². The van der Waals surface area contributed by atoms with Crippen LogP contribution in [-0.4, -0.2) is 29.4 Å². The summed E-state index contributed by atoms with van der Waals surface area (Å²) in [6, 6.07) is 0.379. The van der Waals surface area contributed by atoms with Crippen LogP contribution in [0.15, 0.2) is 48.6 Å². The summed E-state index contributed by atoms with van der Waals surface area (Å²) >= 11 is 6.51. The lowest BCUT2D eigenvalue weighted by Gasteiger charge is -2.53. The second-order valence-corrected chi connectivity index (χ2v) is 18.3. The van der Waals surface area contributed by atoms with E-state index in [1.54, 1.807) is 0 Å². The molecule has 1 unspecified atom stereocenters. The molecule has 0 radical (unpaired) electrons. The van der Waals surface area contributed by atoms with Gasteiger partial charge in [-0.25, -0.2) is 0 Å². The molecule has 0 saturated heterocycles. The summed E-state index contributed by atoms with van der Waals surface area (Å²) in [6.45, 7) is 14.3. The largest absolute Gasteiger partial charge is 0.285 e. The smallest absolute Gasteiger partial charge is 0.125 e. The Hall–Kier alpha value is -0.213. The minimum absolute atomic E-state index is 0.122. The quantitative estimate of drug-likeness (QED) is 0.505. The van der Waals surface area contributed by atoms with Gasteiger partial charge >= 0.3 is 0 Å². The van der Waals surface area contributed by atoms with Gasteiger partial charge in [0.1, 0.15) is 8.24 Å². The van der Waals surface area contributed by atoms with E-state index in [0.29, 0.717) is 11.7 Å². The molecule has 0 aromatic carbocycles. The number of hydrogen-bond donors (Lipinski definition) is 0. The highest BCUT2D eigenvalue weighted by molar-refractivity contribution is 8.15. The van der Waals surface area contributed by atoms with Gasteiger partial charge in [-0.3, -0.25) is 4.34 Å². The van der Waals surface area contributed by atoms with Crippen LogP contribution in [0, 0.1) is 0 Å². The van der Waals surface area contributed by atoms with E-state index in [1.807, 2.05) is 0 Å². The van der Waals surface area contributed by atoms with Gasteiger partial charge in [0.05, 0.1) is 0 Å². The molecule has 2 aliphatic rings. The molecule has 116 valence electrons. The average molecular weight is 338 g/mol. The fraction of sp³-hybridized carbons (Fsp3) is 0.529. The predicted octanol–water partition coefficient (Wildman–Crippen LogP) is 5.31. The van der Waals surface area contributed by atoms with Crippen molar-refractivity contribution in [2.24, 2.45) is 0 Å². The molecule has 0 saturated carbocycles. The lowest BCUT2D eigenvalue weighted by atomic mass is 10.3. The van der Waals surface area contributed by atoms with Gasteiger partial charge < -0.3 is 0 Å². The third-order valence-electron chi connectivity index (χ3n) is 4.11. The Morgan fingerprint density at radius 2 is 1.33 bits per heavy atom. The monoisotopic (exact) mass is 337 g/mol. The van der Waals surface area contributed by atoms with Crippen molar-refractivity contribution in [3.63, 3.8) is 0 Å². The van der Waals surface area contributed by atoms with Crippen molar-refractivity contribution in [1.29, 1.82) is 0 Å². The average Bonchev–Trinajstić information content (AvgIpc) is 2.98. The zero-order valence-corrected chi connectivity index (χ0v) is 16.8. The zero-order chi connectivity index (χ0) is 15.9. The summed E-state index contributed by atoms with van der Waals surface area (Å²) in [5.74, 6) is 0. The maximum absolute atomic E-state index is 6.51. The second-order valence-electron chi connectivity index (χ2n) is 7.83. The van der Waals surface area contributed by atoms with Gasteiger partial charge in [-0.15, -0.1) is 0 Å². The van der Waals surface area contributed by atoms with E-state index in [-0.39, 0.29) is 5.16 Å². The van der Waals surface area contributed by atoms with Gasteiger partial charge in [0.15, 0.2) is 0 Å². The Labute approximate surface area is 136 Å². The Morgan fingerprint density at radius 1 is 0.905 bits per heavy atom. The Morgan fingerprint density at radius 3 is 1.71 bits per heavy atom. The maximum Gasteiger partial charge on any atom is 0.125 e. The first kappa shape index (κ1) is 17.1. The summed E-state index contributed by atoms with van der Waals surface area (Å²) in [7, 11) is -1.56. The molecule has 0 amide bonds. The van der Waals surface area contributed by atoms with E-state index >= 15 is 0 Å². The topological polar surface area (TPSA) is 3.24 Å². The third-order valence-corrected chi connectivity index (χ3v) is 15.8. The Bertz CT molecular complexity index is 536. The number of rotatable bonds is 4. The van der Waals surface area contributed by atoms with Crippen LogP contribution in [0.25, 0.3) is 0 Å². The van der Waals surface area contributed by atoms with E-state index in [1.165, 1.54) is 0 Å². The van der Waals surface area contributed by atoms with Gasteiger partial charge in [-0.2, -0.15) is 0 Å². The second kappa shape index (κ2) is 5.77. The summed E-state index contributed by atoms with van der Waals surface area (Å²) in [6.07, 6.45) is 16.2. The van der Waals surface area contributed by atoms with Crippen LogP contribution in [0.1, 0.15) is 20.8 Å². The van der Waals surface area contributed by atoms with Gasteiger partial charge in [0.2, 0.25) is 0 Å². The highest BCUT2D eigenvalue weighted by Gasteiger charge is 2.48. The number of hydrogen-bond acceptors (Lipinski definition) is 1. The van der Waals surface area contributed by atoms with Crippen molar-refractivity contribution in [2.45, 2.75) is 57.3 Å². The maximum atomic E-state index is 6.51. The normalized spacial score (nSPS) is 22.6. The van der Waals surface area contributed by atoms with E-state index in [2.05, 4.69) is 93.4 Å². The fourth-order valence-corrected chi connectivity index (χ4v) is 15.2. The third kappa shape index (κ3) is 3.12. The lowest BCUT2D eigenvalue weighted by molar-refractivity contribution is 0.599. The number of nitrogens with zero attached hydrogens (tertiary/aromatic N) is 1. The molecule has 0 aromatic rings. The van der Waals surface area contributed by atoms with Crippen molar-refractivity contribution >= 4 is 26.2 Å². The standard InChI is InChI=1S/C17H28NPSSi/c1-17(2,3)19(20,16-13-9-10-14-16)18(21(4,5)6)15-11-7-8-12-15/h7-16H,1-6H3. The van der Waals surface area contributed by atoms with Crippen molar-refractivity contribution in [3.05, 3.63) is 48.6 Å². The predicted molar refractivity (Wildman–Crippen MR) is 103 cm³/mol. The molecule has 2 rings (SSSR count). The molecule has 2 aliphatic carbocycles. The molecule has 0 fully saturated rings. The molecule has 0 spiro atoms. The first-order valence-electron chi connectivity index (χ1n) is 7.68. The lowest BCUT2D eigenvalue weighted by Crippen LogP contribution is -2.52. The summed E-state index contributed by atoms with van der Waals surface area (Å²) in [5, 5.41) is 0.122. The van der Waals surface area contributed by atoms with E-state index in [0.717, 1.165) is 0 Å². The van der Waals surface area contributed by atoms with E-state index in [9.17, 15) is 0 Å². The molecule has 0 aliphatic heterocycles. The summed E-state index contributed by atoms with van der Waals surface area (Å²) in [4.78, 5) is 0. The van der Waals surface area contributed by atoms with Crippen LogP contribution in [0.3, 0.4) is 0 Å². The van der Waals surface area contributed by atoms with Crippen LogP contribution in [0.5, 0.6) is 0 Å². The highest BCUT2D eigenvalue weighted by atomic mass is 32.4. The van der Waals surface area contributed by atoms with Crippen molar-refractivity contribution in [2.75, 3.05) is 0 Å². The molecule has 4 heteroatoms. The summed E-state index contributed by atoms with van der Waals surface area (Å²) in [5.41, 5.74) is 0.404. The first-order valence-corrected chi connectivity index (χ1v) is 14.0. The molecule has 1 nitrogen and oxygen atoms in total. The molecule has 0 N–H and O–H groups in total.